The number of aliphatic carboxylic acids is 1. The molecule has 27 heavy (non-hydrogen) atoms. The zero-order valence-corrected chi connectivity index (χ0v) is 15.8. The topological polar surface area (TPSA) is 91.8 Å². The minimum atomic E-state index is -3.58. The van der Waals surface area contributed by atoms with Gasteiger partial charge in [0.2, 0.25) is 0 Å². The Morgan fingerprint density at radius 3 is 2.48 bits per heavy atom. The standard InChI is InChI=1S/C20H21NO5S/c1-2-11-27(25,26)18-10-6-5-9-16(18)19(22)21-12-14-7-3-4-8-15(14)17(13-21)20(23)24/h3-10,17H,2,11-13H2,1H3,(H,23,24). The van der Waals surface area contributed by atoms with Gasteiger partial charge in [0, 0.05) is 13.1 Å². The zero-order valence-electron chi connectivity index (χ0n) is 15.0. The van der Waals surface area contributed by atoms with E-state index in [4.69, 9.17) is 0 Å². The van der Waals surface area contributed by atoms with Crippen LogP contribution in [-0.4, -0.2) is 42.6 Å². The summed E-state index contributed by atoms with van der Waals surface area (Å²) in [5.74, 6) is -2.35. The summed E-state index contributed by atoms with van der Waals surface area (Å²) in [5.41, 5.74) is 1.55. The zero-order chi connectivity index (χ0) is 19.6. The van der Waals surface area contributed by atoms with Crippen molar-refractivity contribution in [1.82, 2.24) is 4.90 Å². The Kier molecular flexibility index (Phi) is 5.32. The molecule has 3 rings (SSSR count). The second-order valence-electron chi connectivity index (χ2n) is 6.59. The third-order valence-electron chi connectivity index (χ3n) is 4.71. The predicted octanol–water partition coefficient (Wildman–Crippen LogP) is 2.69. The number of carboxylic acid groups (broad SMARTS) is 1. The van der Waals surface area contributed by atoms with Crippen molar-refractivity contribution in [2.45, 2.75) is 30.7 Å². The van der Waals surface area contributed by atoms with E-state index in [2.05, 4.69) is 0 Å². The Hall–Kier alpha value is -2.67. The lowest BCUT2D eigenvalue weighted by Gasteiger charge is -2.33. The molecule has 1 heterocycles. The molecule has 1 atom stereocenters. The first-order valence-corrected chi connectivity index (χ1v) is 10.4. The van der Waals surface area contributed by atoms with Crippen molar-refractivity contribution in [1.29, 1.82) is 0 Å². The Labute approximate surface area is 158 Å². The first-order chi connectivity index (χ1) is 12.8. The van der Waals surface area contributed by atoms with Gasteiger partial charge in [-0.25, -0.2) is 8.42 Å². The molecule has 1 aliphatic heterocycles. The Morgan fingerprint density at radius 2 is 1.78 bits per heavy atom. The van der Waals surface area contributed by atoms with E-state index in [9.17, 15) is 23.1 Å². The molecule has 0 aliphatic carbocycles. The van der Waals surface area contributed by atoms with Crippen LogP contribution in [0.5, 0.6) is 0 Å². The summed E-state index contributed by atoms with van der Waals surface area (Å²) in [5, 5.41) is 9.58. The highest BCUT2D eigenvalue weighted by atomic mass is 32.2. The molecule has 0 saturated carbocycles. The summed E-state index contributed by atoms with van der Waals surface area (Å²) in [4.78, 5) is 26.2. The summed E-state index contributed by atoms with van der Waals surface area (Å²) in [6, 6.07) is 13.3. The second kappa shape index (κ2) is 7.52. The molecule has 0 aromatic heterocycles. The van der Waals surface area contributed by atoms with Crippen LogP contribution in [0.15, 0.2) is 53.4 Å². The number of carbonyl (C=O) groups excluding carboxylic acids is 1. The number of carbonyl (C=O) groups is 2. The van der Waals surface area contributed by atoms with Crippen molar-refractivity contribution in [2.24, 2.45) is 0 Å². The number of nitrogens with zero attached hydrogens (tertiary/aromatic N) is 1. The highest BCUT2D eigenvalue weighted by Gasteiger charge is 2.34. The van der Waals surface area contributed by atoms with Crippen LogP contribution in [0.25, 0.3) is 0 Å². The van der Waals surface area contributed by atoms with Gasteiger partial charge in [-0.3, -0.25) is 9.59 Å². The third kappa shape index (κ3) is 3.73. The maximum atomic E-state index is 13.1. The largest absolute Gasteiger partial charge is 0.481 e. The van der Waals surface area contributed by atoms with Crippen LogP contribution in [0.4, 0.5) is 0 Å². The Morgan fingerprint density at radius 1 is 1.11 bits per heavy atom. The average Bonchev–Trinajstić information content (AvgIpc) is 2.66. The van der Waals surface area contributed by atoms with Gasteiger partial charge < -0.3 is 10.0 Å². The minimum absolute atomic E-state index is 0.00239. The van der Waals surface area contributed by atoms with Gasteiger partial charge in [-0.05, 0) is 29.7 Å². The van der Waals surface area contributed by atoms with Crippen molar-refractivity contribution in [2.75, 3.05) is 12.3 Å². The van der Waals surface area contributed by atoms with Crippen LogP contribution < -0.4 is 0 Å². The quantitative estimate of drug-likeness (QED) is 0.852. The number of hydrogen-bond acceptors (Lipinski definition) is 4. The summed E-state index contributed by atoms with van der Waals surface area (Å²) >= 11 is 0. The van der Waals surface area contributed by atoms with Crippen LogP contribution in [0.2, 0.25) is 0 Å². The van der Waals surface area contributed by atoms with Gasteiger partial charge in [0.1, 0.15) is 0 Å². The van der Waals surface area contributed by atoms with Gasteiger partial charge in [-0.1, -0.05) is 43.3 Å². The molecule has 0 bridgehead atoms. The SMILES string of the molecule is CCCS(=O)(=O)c1ccccc1C(=O)N1Cc2ccccc2C(C(=O)O)C1. The number of fused-ring (bicyclic) bond motifs is 1. The maximum absolute atomic E-state index is 13.1. The van der Waals surface area contributed by atoms with Crippen molar-refractivity contribution < 1.29 is 23.1 Å². The van der Waals surface area contributed by atoms with Crippen molar-refractivity contribution in [3.63, 3.8) is 0 Å². The molecular weight excluding hydrogens is 366 g/mol. The average molecular weight is 387 g/mol. The van der Waals surface area contributed by atoms with Gasteiger partial charge >= 0.3 is 5.97 Å². The molecule has 1 unspecified atom stereocenters. The maximum Gasteiger partial charge on any atom is 0.312 e. The lowest BCUT2D eigenvalue weighted by Crippen LogP contribution is -2.41. The predicted molar refractivity (Wildman–Crippen MR) is 100 cm³/mol. The fourth-order valence-corrected chi connectivity index (χ4v) is 4.97. The molecule has 0 radical (unpaired) electrons. The van der Waals surface area contributed by atoms with E-state index in [1.165, 1.54) is 17.0 Å². The van der Waals surface area contributed by atoms with Gasteiger partial charge in [0.15, 0.2) is 9.84 Å². The molecule has 1 aliphatic rings. The third-order valence-corrected chi connectivity index (χ3v) is 6.68. The van der Waals surface area contributed by atoms with Crippen LogP contribution in [0.3, 0.4) is 0 Å². The Balaban J connectivity index is 2.00. The number of benzene rings is 2. The molecule has 1 amide bonds. The van der Waals surface area contributed by atoms with Crippen LogP contribution in [0.1, 0.15) is 40.7 Å². The second-order valence-corrected chi connectivity index (χ2v) is 8.67. The lowest BCUT2D eigenvalue weighted by atomic mass is 9.89. The van der Waals surface area contributed by atoms with E-state index in [-0.39, 0.29) is 29.3 Å². The summed E-state index contributed by atoms with van der Waals surface area (Å²) < 4.78 is 25.1. The van der Waals surface area contributed by atoms with Gasteiger partial charge in [-0.2, -0.15) is 0 Å². The summed E-state index contributed by atoms with van der Waals surface area (Å²) in [6.45, 7) is 2.02. The van der Waals surface area contributed by atoms with E-state index >= 15 is 0 Å². The molecule has 0 saturated heterocycles. The molecule has 0 spiro atoms. The van der Waals surface area contributed by atoms with Crippen molar-refractivity contribution >= 4 is 21.7 Å². The Bertz CT molecular complexity index is 983. The van der Waals surface area contributed by atoms with E-state index in [1.54, 1.807) is 43.3 Å². The van der Waals surface area contributed by atoms with Crippen LogP contribution >= 0.6 is 0 Å². The first-order valence-electron chi connectivity index (χ1n) is 8.77. The highest BCUT2D eigenvalue weighted by Crippen LogP contribution is 2.30. The number of hydrogen-bond donors (Lipinski definition) is 1. The van der Waals surface area contributed by atoms with Gasteiger partial charge in [-0.15, -0.1) is 0 Å². The number of carboxylic acids is 1. The molecule has 1 N–H and O–H groups in total. The molecule has 142 valence electrons. The van der Waals surface area contributed by atoms with E-state index < -0.39 is 27.6 Å². The molecular formula is C20H21NO5S. The van der Waals surface area contributed by atoms with Crippen LogP contribution in [0, 0.1) is 0 Å². The molecule has 2 aromatic carbocycles. The number of amides is 1. The lowest BCUT2D eigenvalue weighted by molar-refractivity contribution is -0.139. The molecule has 7 heteroatoms. The van der Waals surface area contributed by atoms with Crippen molar-refractivity contribution in [3.05, 3.63) is 65.2 Å². The number of rotatable bonds is 5. The van der Waals surface area contributed by atoms with Crippen molar-refractivity contribution in [3.8, 4) is 0 Å². The van der Waals surface area contributed by atoms with E-state index in [0.29, 0.717) is 12.0 Å². The van der Waals surface area contributed by atoms with Gasteiger partial charge in [0.25, 0.3) is 5.91 Å². The van der Waals surface area contributed by atoms with Gasteiger partial charge in [0.05, 0.1) is 22.1 Å². The van der Waals surface area contributed by atoms with E-state index in [1.807, 2.05) is 0 Å². The molecule has 2 aromatic rings. The fourth-order valence-electron chi connectivity index (χ4n) is 3.44. The summed E-state index contributed by atoms with van der Waals surface area (Å²) in [7, 11) is -3.58. The minimum Gasteiger partial charge on any atom is -0.481 e. The smallest absolute Gasteiger partial charge is 0.312 e. The monoisotopic (exact) mass is 387 g/mol. The number of sulfone groups is 1. The summed E-state index contributed by atoms with van der Waals surface area (Å²) in [6.07, 6.45) is 0.447. The molecule has 6 nitrogen and oxygen atoms in total. The van der Waals surface area contributed by atoms with Crippen LogP contribution in [-0.2, 0) is 21.2 Å². The highest BCUT2D eigenvalue weighted by molar-refractivity contribution is 7.91. The first kappa shape index (κ1) is 19.1. The van der Waals surface area contributed by atoms with E-state index in [0.717, 1.165) is 5.56 Å². The normalized spacial score (nSPS) is 16.6. The molecule has 0 fully saturated rings. The fraction of sp³-hybridized carbons (Fsp3) is 0.300.